The van der Waals surface area contributed by atoms with Crippen LogP contribution in [0.25, 0.3) is 0 Å². The molecule has 0 aliphatic rings. The normalized spacial score (nSPS) is 11.3. The number of carbonyl (C=O) groups is 2. The average molecular weight is 357 g/mol. The van der Waals surface area contributed by atoms with Gasteiger partial charge in [-0.1, -0.05) is 12.1 Å². The number of hydrogen-bond donors (Lipinski definition) is 1. The molecule has 0 aromatic heterocycles. The first kappa shape index (κ1) is 19.3. The van der Waals surface area contributed by atoms with Crippen LogP contribution in [0.3, 0.4) is 0 Å². The van der Waals surface area contributed by atoms with Gasteiger partial charge in [-0.15, -0.1) is 0 Å². The minimum Gasteiger partial charge on any atom is -0.497 e. The van der Waals surface area contributed by atoms with Crippen molar-refractivity contribution in [1.82, 2.24) is 0 Å². The molecule has 2 aromatic rings. The van der Waals surface area contributed by atoms with E-state index in [4.69, 9.17) is 14.2 Å². The maximum atomic E-state index is 12.1. The van der Waals surface area contributed by atoms with Gasteiger partial charge in [-0.05, 0) is 55.3 Å². The molecule has 2 rings (SSSR count). The van der Waals surface area contributed by atoms with Crippen molar-refractivity contribution in [2.75, 3.05) is 19.5 Å². The van der Waals surface area contributed by atoms with Crippen molar-refractivity contribution in [2.45, 2.75) is 25.9 Å². The van der Waals surface area contributed by atoms with Crippen molar-refractivity contribution >= 4 is 17.6 Å². The number of methoxy groups -OCH3 is 2. The van der Waals surface area contributed by atoms with Gasteiger partial charge in [0.15, 0.2) is 6.10 Å². The van der Waals surface area contributed by atoms with Crippen LogP contribution >= 0.6 is 0 Å². The summed E-state index contributed by atoms with van der Waals surface area (Å²) in [6, 6.07) is 14.4. The van der Waals surface area contributed by atoms with Crippen LogP contribution in [0.2, 0.25) is 0 Å². The lowest BCUT2D eigenvalue weighted by molar-refractivity contribution is -0.153. The second-order valence-electron chi connectivity index (χ2n) is 5.70. The Morgan fingerprint density at radius 3 is 2.00 bits per heavy atom. The number of esters is 1. The topological polar surface area (TPSA) is 73.9 Å². The van der Waals surface area contributed by atoms with Crippen molar-refractivity contribution in [2.24, 2.45) is 0 Å². The lowest BCUT2D eigenvalue weighted by Crippen LogP contribution is -2.30. The Morgan fingerprint density at radius 1 is 0.923 bits per heavy atom. The van der Waals surface area contributed by atoms with Gasteiger partial charge in [0.05, 0.1) is 14.2 Å². The maximum absolute atomic E-state index is 12.1. The number of hydrogen-bond acceptors (Lipinski definition) is 5. The van der Waals surface area contributed by atoms with E-state index in [1.54, 1.807) is 45.4 Å². The number of rotatable bonds is 8. The fourth-order valence-electron chi connectivity index (χ4n) is 2.27. The second kappa shape index (κ2) is 9.46. The predicted octanol–water partition coefficient (Wildman–Crippen LogP) is 3.21. The molecule has 6 heteroatoms. The maximum Gasteiger partial charge on any atom is 0.306 e. The Labute approximate surface area is 153 Å². The van der Waals surface area contributed by atoms with Crippen LogP contribution in [-0.2, 0) is 20.7 Å². The van der Waals surface area contributed by atoms with Gasteiger partial charge in [0.2, 0.25) is 0 Å². The highest BCUT2D eigenvalue weighted by Gasteiger charge is 2.18. The van der Waals surface area contributed by atoms with Crippen molar-refractivity contribution in [3.8, 4) is 11.5 Å². The Hall–Kier alpha value is -3.02. The molecule has 1 amide bonds. The van der Waals surface area contributed by atoms with Gasteiger partial charge in [-0.25, -0.2) is 0 Å². The van der Waals surface area contributed by atoms with Gasteiger partial charge in [-0.2, -0.15) is 0 Å². The van der Waals surface area contributed by atoms with E-state index in [0.717, 1.165) is 11.3 Å². The molecule has 0 bridgehead atoms. The van der Waals surface area contributed by atoms with Crippen LogP contribution in [0.4, 0.5) is 5.69 Å². The summed E-state index contributed by atoms with van der Waals surface area (Å²) in [4.78, 5) is 24.1. The zero-order valence-corrected chi connectivity index (χ0v) is 15.2. The van der Waals surface area contributed by atoms with E-state index in [9.17, 15) is 9.59 Å². The van der Waals surface area contributed by atoms with Gasteiger partial charge in [0, 0.05) is 12.1 Å². The van der Waals surface area contributed by atoms with Crippen molar-refractivity contribution in [3.05, 3.63) is 54.1 Å². The largest absolute Gasteiger partial charge is 0.497 e. The molecule has 0 saturated heterocycles. The highest BCUT2D eigenvalue weighted by Crippen LogP contribution is 2.16. The fraction of sp³-hybridized carbons (Fsp3) is 0.300. The Morgan fingerprint density at radius 2 is 1.46 bits per heavy atom. The molecule has 1 N–H and O–H groups in total. The third-order valence-electron chi connectivity index (χ3n) is 3.81. The van der Waals surface area contributed by atoms with Gasteiger partial charge >= 0.3 is 5.97 Å². The zero-order valence-electron chi connectivity index (χ0n) is 15.2. The Kier molecular flexibility index (Phi) is 7.02. The van der Waals surface area contributed by atoms with E-state index >= 15 is 0 Å². The summed E-state index contributed by atoms with van der Waals surface area (Å²) in [6.45, 7) is 1.55. The van der Waals surface area contributed by atoms with Gasteiger partial charge < -0.3 is 19.5 Å². The van der Waals surface area contributed by atoms with Crippen LogP contribution in [0, 0.1) is 0 Å². The summed E-state index contributed by atoms with van der Waals surface area (Å²) in [5.41, 5.74) is 1.61. The molecule has 0 spiro atoms. The first-order valence-electron chi connectivity index (χ1n) is 8.29. The molecule has 0 unspecified atom stereocenters. The summed E-state index contributed by atoms with van der Waals surface area (Å²) < 4.78 is 15.3. The third kappa shape index (κ3) is 5.81. The van der Waals surface area contributed by atoms with E-state index in [2.05, 4.69) is 5.32 Å². The summed E-state index contributed by atoms with van der Waals surface area (Å²) in [6.07, 6.45) is -0.136. The fourth-order valence-corrected chi connectivity index (χ4v) is 2.27. The molecule has 26 heavy (non-hydrogen) atoms. The minimum absolute atomic E-state index is 0.201. The van der Waals surface area contributed by atoms with Crippen molar-refractivity contribution in [1.29, 1.82) is 0 Å². The van der Waals surface area contributed by atoms with Crippen molar-refractivity contribution < 1.29 is 23.8 Å². The molecule has 0 saturated carbocycles. The molecule has 6 nitrogen and oxygen atoms in total. The van der Waals surface area contributed by atoms with Gasteiger partial charge in [0.25, 0.3) is 5.91 Å². The molecular weight excluding hydrogens is 334 g/mol. The Bertz CT molecular complexity index is 725. The number of aryl methyl sites for hydroxylation is 1. The predicted molar refractivity (Wildman–Crippen MR) is 98.5 cm³/mol. The molecule has 0 radical (unpaired) electrons. The Balaban J connectivity index is 1.78. The van der Waals surface area contributed by atoms with E-state index in [0.29, 0.717) is 17.9 Å². The first-order chi connectivity index (χ1) is 12.5. The van der Waals surface area contributed by atoms with Crippen LogP contribution in [0.5, 0.6) is 11.5 Å². The third-order valence-corrected chi connectivity index (χ3v) is 3.81. The van der Waals surface area contributed by atoms with Crippen molar-refractivity contribution in [3.63, 3.8) is 0 Å². The summed E-state index contributed by atoms with van der Waals surface area (Å²) in [7, 11) is 3.17. The molecule has 0 aliphatic carbocycles. The molecule has 0 heterocycles. The first-order valence-corrected chi connectivity index (χ1v) is 8.29. The zero-order chi connectivity index (χ0) is 18.9. The van der Waals surface area contributed by atoms with E-state index in [-0.39, 0.29) is 12.3 Å². The van der Waals surface area contributed by atoms with E-state index < -0.39 is 12.1 Å². The standard InChI is InChI=1S/C20H23NO5/c1-14(20(23)21-16-7-11-18(25-3)12-8-16)26-19(22)13-6-15-4-9-17(24-2)10-5-15/h4-5,7-12,14H,6,13H2,1-3H3,(H,21,23)/t14-/m0/s1. The number of amides is 1. The SMILES string of the molecule is COc1ccc(CCC(=O)O[C@@H](C)C(=O)Nc2ccc(OC)cc2)cc1. The van der Waals surface area contributed by atoms with E-state index in [1.807, 2.05) is 24.3 Å². The summed E-state index contributed by atoms with van der Waals surface area (Å²) in [5.74, 6) is 0.660. The van der Waals surface area contributed by atoms with E-state index in [1.165, 1.54) is 0 Å². The second-order valence-corrected chi connectivity index (χ2v) is 5.70. The molecule has 1 atom stereocenters. The van der Waals surface area contributed by atoms with Crippen LogP contribution < -0.4 is 14.8 Å². The quantitative estimate of drug-likeness (QED) is 0.735. The van der Waals surface area contributed by atoms with Crippen LogP contribution in [0.15, 0.2) is 48.5 Å². The van der Waals surface area contributed by atoms with Crippen LogP contribution in [0.1, 0.15) is 18.9 Å². The lowest BCUT2D eigenvalue weighted by atomic mass is 10.1. The van der Waals surface area contributed by atoms with Crippen LogP contribution in [-0.4, -0.2) is 32.2 Å². The number of anilines is 1. The molecular formula is C20H23NO5. The average Bonchev–Trinajstić information content (AvgIpc) is 2.67. The monoisotopic (exact) mass is 357 g/mol. The minimum atomic E-state index is -0.875. The lowest BCUT2D eigenvalue weighted by Gasteiger charge is -2.14. The van der Waals surface area contributed by atoms with Gasteiger partial charge in [0.1, 0.15) is 11.5 Å². The highest BCUT2D eigenvalue weighted by atomic mass is 16.5. The number of nitrogens with one attached hydrogen (secondary N) is 1. The summed E-state index contributed by atoms with van der Waals surface area (Å²) in [5, 5.41) is 2.70. The summed E-state index contributed by atoms with van der Waals surface area (Å²) >= 11 is 0. The number of ether oxygens (including phenoxy) is 3. The molecule has 0 aliphatic heterocycles. The highest BCUT2D eigenvalue weighted by molar-refractivity contribution is 5.95. The number of carbonyl (C=O) groups excluding carboxylic acids is 2. The smallest absolute Gasteiger partial charge is 0.306 e. The molecule has 0 fully saturated rings. The van der Waals surface area contributed by atoms with Gasteiger partial charge in [-0.3, -0.25) is 9.59 Å². The number of benzene rings is 2. The molecule has 138 valence electrons. The molecule has 2 aromatic carbocycles.